The molecular formula is C17H30F2N4. The first-order valence-corrected chi connectivity index (χ1v) is 8.02. The lowest BCUT2D eigenvalue weighted by molar-refractivity contribution is 0.139. The summed E-state index contributed by atoms with van der Waals surface area (Å²) in [6.45, 7) is 12.1. The molecule has 0 aromatic carbocycles. The Hall–Kier alpha value is -1.72. The van der Waals surface area contributed by atoms with Gasteiger partial charge in [-0.05, 0) is 17.4 Å². The minimum Gasteiger partial charge on any atom is -0.276 e. The summed E-state index contributed by atoms with van der Waals surface area (Å²) in [6.07, 6.45) is 3.02. The number of hydrogen-bond donors (Lipinski definition) is 0. The van der Waals surface area contributed by atoms with E-state index >= 15 is 0 Å². The molecule has 132 valence electrons. The van der Waals surface area contributed by atoms with E-state index in [1.807, 2.05) is 51.8 Å². The Labute approximate surface area is 138 Å². The molecule has 0 aliphatic carbocycles. The Morgan fingerprint density at radius 3 is 1.74 bits per heavy atom. The first-order valence-electron chi connectivity index (χ1n) is 8.02. The van der Waals surface area contributed by atoms with Crippen LogP contribution in [0.2, 0.25) is 0 Å². The fourth-order valence-electron chi connectivity index (χ4n) is 1.91. The molecule has 0 aliphatic heterocycles. The van der Waals surface area contributed by atoms with E-state index in [0.717, 1.165) is 0 Å². The summed E-state index contributed by atoms with van der Waals surface area (Å²) in [7, 11) is 3.47. The van der Waals surface area contributed by atoms with Gasteiger partial charge in [0.05, 0.1) is 12.4 Å². The Morgan fingerprint density at radius 1 is 0.913 bits per heavy atom. The van der Waals surface area contributed by atoms with E-state index in [2.05, 4.69) is 24.0 Å². The second kappa shape index (κ2) is 10.1. The molecule has 0 unspecified atom stereocenters. The van der Waals surface area contributed by atoms with Gasteiger partial charge < -0.3 is 0 Å². The van der Waals surface area contributed by atoms with Gasteiger partial charge in [-0.15, -0.1) is 0 Å². The number of halogens is 2. The molecule has 4 nitrogen and oxygen atoms in total. The zero-order valence-electron chi connectivity index (χ0n) is 15.5. The van der Waals surface area contributed by atoms with Crippen LogP contribution in [0.5, 0.6) is 0 Å². The van der Waals surface area contributed by atoms with Gasteiger partial charge in [0, 0.05) is 25.9 Å². The van der Waals surface area contributed by atoms with E-state index in [4.69, 9.17) is 0 Å². The van der Waals surface area contributed by atoms with Crippen molar-refractivity contribution in [2.45, 2.75) is 59.8 Å². The highest BCUT2D eigenvalue weighted by Gasteiger charge is 2.19. The zero-order chi connectivity index (χ0) is 18.2. The van der Waals surface area contributed by atoms with Crippen molar-refractivity contribution in [2.75, 3.05) is 0 Å². The summed E-state index contributed by atoms with van der Waals surface area (Å²) in [4.78, 5) is 0. The van der Waals surface area contributed by atoms with Crippen LogP contribution in [0.15, 0.2) is 18.6 Å². The van der Waals surface area contributed by atoms with Crippen LogP contribution in [0.25, 0.3) is 0 Å². The summed E-state index contributed by atoms with van der Waals surface area (Å²) >= 11 is 0. The molecule has 0 fully saturated rings. The van der Waals surface area contributed by atoms with Gasteiger partial charge in [-0.3, -0.25) is 9.36 Å². The van der Waals surface area contributed by atoms with Crippen molar-refractivity contribution in [3.8, 4) is 0 Å². The number of nitrogens with zero attached hydrogens (tertiary/aromatic N) is 4. The fourth-order valence-corrected chi connectivity index (χ4v) is 1.91. The van der Waals surface area contributed by atoms with E-state index in [0.29, 0.717) is 11.5 Å². The first-order chi connectivity index (χ1) is 10.7. The molecule has 0 spiro atoms. The van der Waals surface area contributed by atoms with Crippen LogP contribution in [0, 0.1) is 0 Å². The van der Waals surface area contributed by atoms with Gasteiger partial charge >= 0.3 is 0 Å². The largest absolute Gasteiger partial charge is 0.280 e. The third-order valence-corrected chi connectivity index (χ3v) is 3.23. The smallest absolute Gasteiger partial charge is 0.276 e. The Morgan fingerprint density at radius 2 is 1.48 bits per heavy atom. The van der Waals surface area contributed by atoms with Crippen LogP contribution >= 0.6 is 0 Å². The van der Waals surface area contributed by atoms with Crippen LogP contribution in [-0.2, 0) is 14.1 Å². The van der Waals surface area contributed by atoms with Crippen molar-refractivity contribution in [1.82, 2.24) is 19.6 Å². The number of aryl methyl sites for hydroxylation is 2. The predicted molar refractivity (Wildman–Crippen MR) is 90.9 cm³/mol. The summed E-state index contributed by atoms with van der Waals surface area (Å²) in [5.74, 6) is 0.696. The maximum Gasteiger partial charge on any atom is 0.280 e. The van der Waals surface area contributed by atoms with E-state index in [9.17, 15) is 8.78 Å². The van der Waals surface area contributed by atoms with E-state index < -0.39 is 6.43 Å². The molecule has 0 saturated heterocycles. The zero-order valence-corrected chi connectivity index (χ0v) is 15.5. The molecule has 0 radical (unpaired) electrons. The quantitative estimate of drug-likeness (QED) is 0.790. The van der Waals surface area contributed by atoms with Crippen LogP contribution in [0.1, 0.15) is 76.6 Å². The summed E-state index contributed by atoms with van der Waals surface area (Å²) in [5, 5.41) is 7.85. The van der Waals surface area contributed by atoms with Gasteiger partial charge in [0.1, 0.15) is 5.69 Å². The molecule has 2 rings (SSSR count). The topological polar surface area (TPSA) is 35.6 Å². The van der Waals surface area contributed by atoms with Crippen molar-refractivity contribution >= 4 is 0 Å². The second-order valence-corrected chi connectivity index (χ2v) is 5.67. The number of rotatable bonds is 3. The van der Waals surface area contributed by atoms with Crippen molar-refractivity contribution in [3.63, 3.8) is 0 Å². The molecule has 0 bridgehead atoms. The van der Waals surface area contributed by atoms with Crippen molar-refractivity contribution in [1.29, 1.82) is 0 Å². The minimum absolute atomic E-state index is 0.0324. The molecule has 0 atom stereocenters. The normalized spacial score (nSPS) is 10.5. The van der Waals surface area contributed by atoms with Gasteiger partial charge in [-0.2, -0.15) is 10.2 Å². The summed E-state index contributed by atoms with van der Waals surface area (Å²) < 4.78 is 27.9. The molecular weight excluding hydrogens is 298 g/mol. The maximum absolute atomic E-state index is 12.4. The molecule has 0 saturated carbocycles. The van der Waals surface area contributed by atoms with Gasteiger partial charge in [0.2, 0.25) is 0 Å². The molecule has 6 heteroatoms. The van der Waals surface area contributed by atoms with Gasteiger partial charge in [-0.1, -0.05) is 41.5 Å². The average Bonchev–Trinajstić information content (AvgIpc) is 3.08. The molecule has 2 heterocycles. The Bertz CT molecular complexity index is 557. The minimum atomic E-state index is -2.44. The lowest BCUT2D eigenvalue weighted by Crippen LogP contribution is -2.01. The molecule has 2 aromatic heterocycles. The van der Waals surface area contributed by atoms with Crippen LogP contribution in [0.4, 0.5) is 8.78 Å². The third kappa shape index (κ3) is 6.50. The summed E-state index contributed by atoms with van der Waals surface area (Å²) in [5.41, 5.74) is 1.97. The molecule has 0 aliphatic rings. The molecule has 2 aromatic rings. The number of aromatic nitrogens is 4. The Balaban J connectivity index is 0.000000392. The third-order valence-electron chi connectivity index (χ3n) is 3.23. The SMILES string of the molecule is CC.CC(C)c1cnn(C)c1.CC(C)c1cnn(C)c1C(F)F. The number of hydrogen-bond acceptors (Lipinski definition) is 2. The lowest BCUT2D eigenvalue weighted by atomic mass is 10.0. The van der Waals surface area contributed by atoms with Crippen molar-refractivity contribution in [2.24, 2.45) is 14.1 Å². The number of alkyl halides is 2. The highest BCUT2D eigenvalue weighted by Crippen LogP contribution is 2.27. The highest BCUT2D eigenvalue weighted by molar-refractivity contribution is 5.22. The average molecular weight is 328 g/mol. The highest BCUT2D eigenvalue weighted by atomic mass is 19.3. The molecule has 23 heavy (non-hydrogen) atoms. The van der Waals surface area contributed by atoms with E-state index in [-0.39, 0.29) is 11.6 Å². The fraction of sp³-hybridized carbons (Fsp3) is 0.647. The maximum atomic E-state index is 12.4. The second-order valence-electron chi connectivity index (χ2n) is 5.67. The van der Waals surface area contributed by atoms with Crippen LogP contribution < -0.4 is 0 Å². The van der Waals surface area contributed by atoms with E-state index in [1.54, 1.807) is 0 Å². The monoisotopic (exact) mass is 328 g/mol. The lowest BCUT2D eigenvalue weighted by Gasteiger charge is -2.06. The van der Waals surface area contributed by atoms with E-state index in [1.165, 1.54) is 23.5 Å². The standard InChI is InChI=1S/C8H12F2N2.C7H12N2.C2H6/c1-5(2)6-4-11-12(3)7(6)8(9)10;1-6(2)7-4-8-9(3)5-7;1-2/h4-5,8H,1-3H3;4-6H,1-3H3;1-2H3. The van der Waals surface area contributed by atoms with Crippen molar-refractivity contribution in [3.05, 3.63) is 35.4 Å². The first kappa shape index (κ1) is 21.3. The molecule has 0 amide bonds. The summed E-state index contributed by atoms with van der Waals surface area (Å²) in [6, 6.07) is 0. The van der Waals surface area contributed by atoms with Gasteiger partial charge in [-0.25, -0.2) is 8.78 Å². The van der Waals surface area contributed by atoms with Gasteiger partial charge in [0.25, 0.3) is 6.43 Å². The predicted octanol–water partition coefficient (Wildman–Crippen LogP) is 5.05. The van der Waals surface area contributed by atoms with Crippen LogP contribution in [0.3, 0.4) is 0 Å². The Kier molecular flexibility index (Phi) is 9.37. The molecule has 0 N–H and O–H groups in total. The van der Waals surface area contributed by atoms with Crippen molar-refractivity contribution < 1.29 is 8.78 Å². The van der Waals surface area contributed by atoms with Crippen LogP contribution in [-0.4, -0.2) is 19.6 Å². The van der Waals surface area contributed by atoms with Gasteiger partial charge in [0.15, 0.2) is 0 Å².